The number of hydrogen-bond acceptors (Lipinski definition) is 5. The lowest BCUT2D eigenvalue weighted by atomic mass is 9.96. The second-order valence-electron chi connectivity index (χ2n) is 6.17. The molecule has 0 saturated heterocycles. The number of nitrogens with two attached hydrogens (primary N) is 1. The molecule has 23 heavy (non-hydrogen) atoms. The van der Waals surface area contributed by atoms with Gasteiger partial charge in [0.1, 0.15) is 10.7 Å². The van der Waals surface area contributed by atoms with Crippen molar-refractivity contribution in [1.82, 2.24) is 9.62 Å². The highest BCUT2D eigenvalue weighted by molar-refractivity contribution is 7.89. The molecule has 0 aliphatic heterocycles. The van der Waals surface area contributed by atoms with Crippen molar-refractivity contribution in [3.63, 3.8) is 0 Å². The van der Waals surface area contributed by atoms with Crippen molar-refractivity contribution >= 4 is 28.3 Å². The van der Waals surface area contributed by atoms with Crippen LogP contribution in [-0.2, 0) is 10.0 Å². The highest BCUT2D eigenvalue weighted by Crippen LogP contribution is 2.39. The summed E-state index contributed by atoms with van der Waals surface area (Å²) >= 11 is 0. The molecule has 7 nitrogen and oxygen atoms in total. The van der Waals surface area contributed by atoms with Crippen molar-refractivity contribution in [2.24, 2.45) is 11.7 Å². The molecule has 1 aliphatic rings. The maximum Gasteiger partial charge on any atom is 0.287 e. The summed E-state index contributed by atoms with van der Waals surface area (Å²) in [6.45, 7) is 3.75. The standard InChI is InChI=1S/C14H23N3O4S.ClH/c1-9-12(22(19,20)17(3)4)7-11(21-9)13(18)16-14(2,8-15)10-5-6-10;/h7,10H,5-6,8,15H2,1-4H3,(H,16,18);1H. The van der Waals surface area contributed by atoms with Crippen LogP contribution in [0.15, 0.2) is 15.4 Å². The van der Waals surface area contributed by atoms with Gasteiger partial charge in [-0.1, -0.05) is 0 Å². The molecule has 2 rings (SSSR count). The second kappa shape index (κ2) is 6.80. The maximum atomic E-state index is 12.3. The quantitative estimate of drug-likeness (QED) is 0.785. The first-order chi connectivity index (χ1) is 10.1. The number of sulfonamides is 1. The summed E-state index contributed by atoms with van der Waals surface area (Å²) in [5.41, 5.74) is 5.28. The molecule has 1 amide bonds. The van der Waals surface area contributed by atoms with Crippen molar-refractivity contribution in [2.45, 2.75) is 37.1 Å². The first kappa shape index (κ1) is 20.0. The predicted molar refractivity (Wildman–Crippen MR) is 89.2 cm³/mol. The average molecular weight is 366 g/mol. The van der Waals surface area contributed by atoms with Gasteiger partial charge in [0.25, 0.3) is 5.91 Å². The van der Waals surface area contributed by atoms with Crippen molar-refractivity contribution in [3.8, 4) is 0 Å². The SMILES string of the molecule is Cc1oc(C(=O)NC(C)(CN)C2CC2)cc1S(=O)(=O)N(C)C.Cl. The van der Waals surface area contributed by atoms with E-state index in [4.69, 9.17) is 10.2 Å². The number of carbonyl (C=O) groups excluding carboxylic acids is 1. The topological polar surface area (TPSA) is 106 Å². The van der Waals surface area contributed by atoms with E-state index >= 15 is 0 Å². The van der Waals surface area contributed by atoms with Crippen LogP contribution in [0, 0.1) is 12.8 Å². The molecule has 9 heteroatoms. The Kier molecular flexibility index (Phi) is 5.90. The van der Waals surface area contributed by atoms with Gasteiger partial charge in [0.05, 0.1) is 5.54 Å². The molecule has 0 spiro atoms. The fraction of sp³-hybridized carbons (Fsp3) is 0.643. The summed E-state index contributed by atoms with van der Waals surface area (Å²) < 4.78 is 30.8. The number of amides is 1. The van der Waals surface area contributed by atoms with Crippen LogP contribution in [0.5, 0.6) is 0 Å². The molecule has 1 aromatic heterocycles. The van der Waals surface area contributed by atoms with Crippen LogP contribution >= 0.6 is 12.4 Å². The Morgan fingerprint density at radius 1 is 1.48 bits per heavy atom. The van der Waals surface area contributed by atoms with E-state index in [9.17, 15) is 13.2 Å². The van der Waals surface area contributed by atoms with E-state index in [2.05, 4.69) is 5.32 Å². The highest BCUT2D eigenvalue weighted by Gasteiger charge is 2.42. The number of furan rings is 1. The molecule has 1 fully saturated rings. The number of halogens is 1. The fourth-order valence-electron chi connectivity index (χ4n) is 2.39. The summed E-state index contributed by atoms with van der Waals surface area (Å²) in [7, 11) is -0.777. The minimum Gasteiger partial charge on any atom is -0.455 e. The molecule has 1 unspecified atom stereocenters. The molecule has 0 bridgehead atoms. The van der Waals surface area contributed by atoms with Gasteiger partial charge in [-0.05, 0) is 32.6 Å². The van der Waals surface area contributed by atoms with Crippen LogP contribution in [0.25, 0.3) is 0 Å². The maximum absolute atomic E-state index is 12.3. The second-order valence-corrected chi connectivity index (χ2v) is 8.29. The third-order valence-corrected chi connectivity index (χ3v) is 6.08. The van der Waals surface area contributed by atoms with Crippen LogP contribution in [-0.4, -0.2) is 44.8 Å². The van der Waals surface area contributed by atoms with Gasteiger partial charge in [0.15, 0.2) is 5.76 Å². The smallest absolute Gasteiger partial charge is 0.287 e. The Morgan fingerprint density at radius 2 is 2.04 bits per heavy atom. The molecule has 1 saturated carbocycles. The van der Waals surface area contributed by atoms with Gasteiger partial charge in [-0.25, -0.2) is 12.7 Å². The number of carbonyl (C=O) groups is 1. The Morgan fingerprint density at radius 3 is 2.48 bits per heavy atom. The van der Waals surface area contributed by atoms with Gasteiger partial charge in [0, 0.05) is 26.7 Å². The van der Waals surface area contributed by atoms with Crippen LogP contribution in [0.2, 0.25) is 0 Å². The zero-order chi connectivity index (χ0) is 16.7. The van der Waals surface area contributed by atoms with Gasteiger partial charge in [-0.3, -0.25) is 4.79 Å². The lowest BCUT2D eigenvalue weighted by Gasteiger charge is -2.28. The Balaban J connectivity index is 0.00000264. The molecule has 1 aromatic rings. The first-order valence-electron chi connectivity index (χ1n) is 7.17. The van der Waals surface area contributed by atoms with Crippen LogP contribution in [0.1, 0.15) is 36.1 Å². The van der Waals surface area contributed by atoms with E-state index in [1.54, 1.807) is 0 Å². The number of rotatable bonds is 6. The van der Waals surface area contributed by atoms with Crippen LogP contribution < -0.4 is 11.1 Å². The van der Waals surface area contributed by atoms with E-state index < -0.39 is 21.5 Å². The van der Waals surface area contributed by atoms with Crippen molar-refractivity contribution < 1.29 is 17.6 Å². The molecule has 1 heterocycles. The lowest BCUT2D eigenvalue weighted by Crippen LogP contribution is -2.53. The summed E-state index contributed by atoms with van der Waals surface area (Å²) in [5.74, 6) is 0.101. The molecule has 1 aliphatic carbocycles. The zero-order valence-corrected chi connectivity index (χ0v) is 15.4. The Bertz CT molecular complexity index is 682. The van der Waals surface area contributed by atoms with Crippen molar-refractivity contribution in [3.05, 3.63) is 17.6 Å². The van der Waals surface area contributed by atoms with E-state index in [-0.39, 0.29) is 28.8 Å². The molecule has 3 N–H and O–H groups in total. The minimum absolute atomic E-state index is 0. The van der Waals surface area contributed by atoms with Gasteiger partial charge in [-0.15, -0.1) is 12.4 Å². The third-order valence-electron chi connectivity index (χ3n) is 4.16. The number of aryl methyl sites for hydroxylation is 1. The number of nitrogens with one attached hydrogen (secondary N) is 1. The van der Waals surface area contributed by atoms with Gasteiger partial charge in [0.2, 0.25) is 10.0 Å². The van der Waals surface area contributed by atoms with Gasteiger partial charge in [-0.2, -0.15) is 0 Å². The van der Waals surface area contributed by atoms with Crippen LogP contribution in [0.3, 0.4) is 0 Å². The summed E-state index contributed by atoms with van der Waals surface area (Å²) in [4.78, 5) is 12.3. The predicted octanol–water partition coefficient (Wildman–Crippen LogP) is 1.12. The Labute approximate surface area is 143 Å². The molecule has 1 atom stereocenters. The number of nitrogens with zero attached hydrogens (tertiary/aromatic N) is 1. The summed E-state index contributed by atoms with van der Waals surface area (Å²) in [5, 5.41) is 2.88. The third kappa shape index (κ3) is 3.88. The fourth-order valence-corrected chi connectivity index (χ4v) is 3.45. The molecule has 0 aromatic carbocycles. The van der Waals surface area contributed by atoms with Gasteiger partial charge < -0.3 is 15.5 Å². The van der Waals surface area contributed by atoms with Crippen molar-refractivity contribution in [2.75, 3.05) is 20.6 Å². The van der Waals surface area contributed by atoms with Crippen molar-refractivity contribution in [1.29, 1.82) is 0 Å². The van der Waals surface area contributed by atoms with Gasteiger partial charge >= 0.3 is 0 Å². The minimum atomic E-state index is -3.64. The lowest BCUT2D eigenvalue weighted by molar-refractivity contribution is 0.0868. The molecule has 132 valence electrons. The van der Waals surface area contributed by atoms with E-state index in [0.29, 0.717) is 12.5 Å². The Hall–Kier alpha value is -1.09. The normalized spacial score (nSPS) is 17.5. The summed E-state index contributed by atoms with van der Waals surface area (Å²) in [6.07, 6.45) is 2.07. The first-order valence-corrected chi connectivity index (χ1v) is 8.61. The highest BCUT2D eigenvalue weighted by atomic mass is 35.5. The van der Waals surface area contributed by atoms with E-state index in [1.165, 1.54) is 27.1 Å². The largest absolute Gasteiger partial charge is 0.455 e. The molecule has 0 radical (unpaired) electrons. The van der Waals surface area contributed by atoms with Crippen LogP contribution in [0.4, 0.5) is 0 Å². The zero-order valence-electron chi connectivity index (χ0n) is 13.8. The summed E-state index contributed by atoms with van der Waals surface area (Å²) in [6, 6.07) is 1.27. The average Bonchev–Trinajstić information content (AvgIpc) is 3.21. The number of hydrogen-bond donors (Lipinski definition) is 2. The monoisotopic (exact) mass is 365 g/mol. The van der Waals surface area contributed by atoms with E-state index in [1.807, 2.05) is 6.92 Å². The molecular weight excluding hydrogens is 342 g/mol. The molecular formula is C14H24ClN3O4S. The van der Waals surface area contributed by atoms with E-state index in [0.717, 1.165) is 17.1 Å².